The van der Waals surface area contributed by atoms with Crippen LogP contribution in [0.4, 0.5) is 0 Å². The van der Waals surface area contributed by atoms with Gasteiger partial charge in [-0.25, -0.2) is 4.98 Å². The van der Waals surface area contributed by atoms with E-state index in [0.717, 1.165) is 17.5 Å². The third kappa shape index (κ3) is 4.47. The van der Waals surface area contributed by atoms with E-state index in [1.807, 2.05) is 12.1 Å². The summed E-state index contributed by atoms with van der Waals surface area (Å²) in [5, 5.41) is 0. The molecule has 1 aromatic carbocycles. The van der Waals surface area contributed by atoms with Crippen LogP contribution in [0.15, 0.2) is 67.4 Å². The van der Waals surface area contributed by atoms with Crippen LogP contribution in [0.3, 0.4) is 0 Å². The highest BCUT2D eigenvalue weighted by Gasteiger charge is 2.18. The maximum atomic E-state index is 12.9. The number of amides is 1. The third-order valence-electron chi connectivity index (χ3n) is 3.97. The van der Waals surface area contributed by atoms with E-state index in [9.17, 15) is 4.79 Å². The Labute approximate surface area is 147 Å². The summed E-state index contributed by atoms with van der Waals surface area (Å²) in [6, 6.07) is 12.2. The van der Waals surface area contributed by atoms with Crippen LogP contribution in [-0.2, 0) is 19.5 Å². The second-order valence-corrected chi connectivity index (χ2v) is 5.78. The van der Waals surface area contributed by atoms with Crippen molar-refractivity contribution in [3.05, 3.63) is 89.8 Å². The van der Waals surface area contributed by atoms with Crippen LogP contribution in [0.1, 0.15) is 34.1 Å². The molecule has 5 nitrogen and oxygen atoms in total. The number of hydrogen-bond acceptors (Lipinski definition) is 4. The quantitative estimate of drug-likeness (QED) is 0.695. The molecule has 3 rings (SSSR count). The van der Waals surface area contributed by atoms with Gasteiger partial charge in [0.05, 0.1) is 6.20 Å². The molecule has 0 aliphatic heterocycles. The Hall–Kier alpha value is -3.08. The highest BCUT2D eigenvalue weighted by Crippen LogP contribution is 2.14. The molecule has 0 N–H and O–H groups in total. The maximum Gasteiger partial charge on any atom is 0.274 e. The van der Waals surface area contributed by atoms with Crippen molar-refractivity contribution in [3.63, 3.8) is 0 Å². The Morgan fingerprint density at radius 2 is 1.60 bits per heavy atom. The van der Waals surface area contributed by atoms with Gasteiger partial charge in [-0.2, -0.15) is 0 Å². The van der Waals surface area contributed by atoms with Crippen molar-refractivity contribution in [1.82, 2.24) is 19.9 Å². The lowest BCUT2D eigenvalue weighted by Crippen LogP contribution is -2.31. The summed E-state index contributed by atoms with van der Waals surface area (Å²) >= 11 is 0. The fourth-order valence-electron chi connectivity index (χ4n) is 2.58. The standard InChI is InChI=1S/C20H20N4O/c1-2-16-5-7-17(8-6-16)14-24(15-18-4-3-9-21-12-18)20(25)19-13-22-10-11-23-19/h3-13H,2,14-15H2,1H3. The summed E-state index contributed by atoms with van der Waals surface area (Å²) in [6.07, 6.45) is 9.09. The average molecular weight is 332 g/mol. The molecular weight excluding hydrogens is 312 g/mol. The molecule has 0 aliphatic rings. The van der Waals surface area contributed by atoms with Crippen LogP contribution in [0.5, 0.6) is 0 Å². The zero-order chi connectivity index (χ0) is 17.5. The second kappa shape index (κ2) is 8.15. The monoisotopic (exact) mass is 332 g/mol. The lowest BCUT2D eigenvalue weighted by atomic mass is 10.1. The predicted molar refractivity (Wildman–Crippen MR) is 95.7 cm³/mol. The average Bonchev–Trinajstić information content (AvgIpc) is 2.69. The summed E-state index contributed by atoms with van der Waals surface area (Å²) in [5.74, 6) is -0.142. The van der Waals surface area contributed by atoms with Gasteiger partial charge in [0.25, 0.3) is 5.91 Å². The van der Waals surface area contributed by atoms with Gasteiger partial charge >= 0.3 is 0 Å². The maximum absolute atomic E-state index is 12.9. The molecule has 2 heterocycles. The van der Waals surface area contributed by atoms with Gasteiger partial charge in [-0.1, -0.05) is 37.3 Å². The minimum absolute atomic E-state index is 0.142. The van der Waals surface area contributed by atoms with E-state index in [0.29, 0.717) is 18.8 Å². The van der Waals surface area contributed by atoms with Crippen LogP contribution < -0.4 is 0 Å². The fraction of sp³-hybridized carbons (Fsp3) is 0.200. The van der Waals surface area contributed by atoms with Gasteiger partial charge in [0.1, 0.15) is 5.69 Å². The molecule has 1 amide bonds. The van der Waals surface area contributed by atoms with Crippen LogP contribution in [0.2, 0.25) is 0 Å². The molecule has 0 saturated carbocycles. The largest absolute Gasteiger partial charge is 0.329 e. The Morgan fingerprint density at radius 3 is 2.24 bits per heavy atom. The first-order chi connectivity index (χ1) is 12.3. The van der Waals surface area contributed by atoms with Crippen LogP contribution in [0, 0.1) is 0 Å². The highest BCUT2D eigenvalue weighted by atomic mass is 16.2. The van der Waals surface area contributed by atoms with Crippen molar-refractivity contribution >= 4 is 5.91 Å². The van der Waals surface area contributed by atoms with Gasteiger partial charge in [-0.15, -0.1) is 0 Å². The van der Waals surface area contributed by atoms with Crippen molar-refractivity contribution in [2.75, 3.05) is 0 Å². The van der Waals surface area contributed by atoms with E-state index in [-0.39, 0.29) is 5.91 Å². The molecule has 0 unspecified atom stereocenters. The minimum atomic E-state index is -0.142. The van der Waals surface area contributed by atoms with Gasteiger partial charge in [0, 0.05) is 37.9 Å². The van der Waals surface area contributed by atoms with Gasteiger partial charge in [0.15, 0.2) is 0 Å². The molecule has 25 heavy (non-hydrogen) atoms. The number of carbonyl (C=O) groups is 1. The molecular formula is C20H20N4O. The number of hydrogen-bond donors (Lipinski definition) is 0. The van der Waals surface area contributed by atoms with E-state index in [1.165, 1.54) is 18.0 Å². The van der Waals surface area contributed by atoms with E-state index in [4.69, 9.17) is 0 Å². The number of aromatic nitrogens is 3. The number of benzene rings is 1. The molecule has 2 aromatic heterocycles. The molecule has 3 aromatic rings. The summed E-state index contributed by atoms with van der Waals surface area (Å²) in [5.41, 5.74) is 3.68. The van der Waals surface area contributed by atoms with Crippen molar-refractivity contribution in [1.29, 1.82) is 0 Å². The molecule has 0 radical (unpaired) electrons. The Bertz CT molecular complexity index is 804. The molecule has 0 saturated heterocycles. The van der Waals surface area contributed by atoms with E-state index in [2.05, 4.69) is 46.1 Å². The van der Waals surface area contributed by atoms with Crippen LogP contribution in [-0.4, -0.2) is 25.8 Å². The number of carbonyl (C=O) groups excluding carboxylic acids is 1. The second-order valence-electron chi connectivity index (χ2n) is 5.78. The van der Waals surface area contributed by atoms with Crippen LogP contribution in [0.25, 0.3) is 0 Å². The zero-order valence-electron chi connectivity index (χ0n) is 14.2. The van der Waals surface area contributed by atoms with Gasteiger partial charge in [-0.3, -0.25) is 14.8 Å². The Morgan fingerprint density at radius 1 is 0.880 bits per heavy atom. The lowest BCUT2D eigenvalue weighted by molar-refractivity contribution is 0.0723. The predicted octanol–water partition coefficient (Wildman–Crippen LogP) is 3.28. The Balaban J connectivity index is 1.84. The Kier molecular flexibility index (Phi) is 5.46. The molecule has 0 fully saturated rings. The topological polar surface area (TPSA) is 59.0 Å². The molecule has 0 bridgehead atoms. The number of rotatable bonds is 6. The van der Waals surface area contributed by atoms with Crippen molar-refractivity contribution in [3.8, 4) is 0 Å². The van der Waals surface area contributed by atoms with Crippen molar-refractivity contribution < 1.29 is 4.79 Å². The van der Waals surface area contributed by atoms with Gasteiger partial charge in [-0.05, 0) is 29.2 Å². The molecule has 126 valence electrons. The van der Waals surface area contributed by atoms with Crippen molar-refractivity contribution in [2.24, 2.45) is 0 Å². The summed E-state index contributed by atoms with van der Waals surface area (Å²) in [6.45, 7) is 3.11. The van der Waals surface area contributed by atoms with Crippen molar-refractivity contribution in [2.45, 2.75) is 26.4 Å². The summed E-state index contributed by atoms with van der Waals surface area (Å²) < 4.78 is 0. The third-order valence-corrected chi connectivity index (χ3v) is 3.97. The first-order valence-electron chi connectivity index (χ1n) is 8.28. The van der Waals surface area contributed by atoms with Gasteiger partial charge < -0.3 is 4.90 Å². The van der Waals surface area contributed by atoms with Gasteiger partial charge in [0.2, 0.25) is 0 Å². The minimum Gasteiger partial charge on any atom is -0.329 e. The van der Waals surface area contributed by atoms with Crippen LogP contribution >= 0.6 is 0 Å². The lowest BCUT2D eigenvalue weighted by Gasteiger charge is -2.22. The number of nitrogens with zero attached hydrogens (tertiary/aromatic N) is 4. The van der Waals surface area contributed by atoms with E-state index in [1.54, 1.807) is 23.5 Å². The normalized spacial score (nSPS) is 10.4. The summed E-state index contributed by atoms with van der Waals surface area (Å²) in [7, 11) is 0. The first kappa shape index (κ1) is 16.8. The fourth-order valence-corrected chi connectivity index (χ4v) is 2.58. The molecule has 0 aliphatic carbocycles. The molecule has 0 atom stereocenters. The number of pyridine rings is 1. The summed E-state index contributed by atoms with van der Waals surface area (Å²) in [4.78, 5) is 26.9. The molecule has 5 heteroatoms. The molecule has 0 spiro atoms. The van der Waals surface area contributed by atoms with E-state index < -0.39 is 0 Å². The SMILES string of the molecule is CCc1ccc(CN(Cc2cccnc2)C(=O)c2cnccn2)cc1. The number of aryl methyl sites for hydroxylation is 1. The highest BCUT2D eigenvalue weighted by molar-refractivity contribution is 5.91. The zero-order valence-corrected chi connectivity index (χ0v) is 14.2. The smallest absolute Gasteiger partial charge is 0.274 e. The first-order valence-corrected chi connectivity index (χ1v) is 8.28. The van der Waals surface area contributed by atoms with E-state index >= 15 is 0 Å².